The van der Waals surface area contributed by atoms with Crippen LogP contribution >= 0.6 is 39.1 Å². The molecular weight excluding hydrogens is 340 g/mol. The zero-order valence-electron chi connectivity index (χ0n) is 9.18. The van der Waals surface area contributed by atoms with Crippen LogP contribution in [0.15, 0.2) is 40.9 Å². The molecule has 0 aliphatic rings. The van der Waals surface area contributed by atoms with Gasteiger partial charge in [0.25, 0.3) is 0 Å². The van der Waals surface area contributed by atoms with Crippen LogP contribution in [0.1, 0.15) is 5.56 Å². The summed E-state index contributed by atoms with van der Waals surface area (Å²) in [4.78, 5) is 0. The maximum Gasteiger partial charge on any atom is 0.146 e. The highest BCUT2D eigenvalue weighted by molar-refractivity contribution is 9.10. The van der Waals surface area contributed by atoms with Crippen LogP contribution in [0.3, 0.4) is 0 Å². The Hall–Kier alpha value is -0.770. The molecule has 1 N–H and O–H groups in total. The quantitative estimate of drug-likeness (QED) is 0.771. The Morgan fingerprint density at radius 3 is 2.61 bits per heavy atom. The molecule has 0 radical (unpaired) electrons. The highest BCUT2D eigenvalue weighted by atomic mass is 79.9. The largest absolute Gasteiger partial charge is 0.379 e. The van der Waals surface area contributed by atoms with Crippen LogP contribution in [-0.2, 0) is 6.54 Å². The van der Waals surface area contributed by atoms with E-state index in [1.807, 2.05) is 6.07 Å². The average molecular weight is 349 g/mol. The van der Waals surface area contributed by atoms with Crippen molar-refractivity contribution in [3.8, 4) is 0 Å². The number of rotatable bonds is 3. The number of halogens is 4. The zero-order valence-corrected chi connectivity index (χ0v) is 12.3. The van der Waals surface area contributed by atoms with Crippen LogP contribution in [0.2, 0.25) is 10.0 Å². The van der Waals surface area contributed by atoms with Gasteiger partial charge in [-0.25, -0.2) is 4.39 Å². The van der Waals surface area contributed by atoms with Crippen molar-refractivity contribution in [1.29, 1.82) is 0 Å². The molecule has 0 saturated heterocycles. The van der Waals surface area contributed by atoms with E-state index in [9.17, 15) is 4.39 Å². The third-order valence-corrected chi connectivity index (χ3v) is 3.49. The molecule has 0 aliphatic heterocycles. The van der Waals surface area contributed by atoms with Gasteiger partial charge < -0.3 is 5.32 Å². The number of hydrogen-bond acceptors (Lipinski definition) is 1. The predicted molar refractivity (Wildman–Crippen MR) is 77.9 cm³/mol. The Labute approximate surface area is 123 Å². The number of nitrogens with one attached hydrogen (secondary N) is 1. The molecule has 0 spiro atoms. The Bertz CT molecular complexity index is 575. The highest BCUT2D eigenvalue weighted by Gasteiger charge is 2.05. The van der Waals surface area contributed by atoms with Gasteiger partial charge in [-0.2, -0.15) is 0 Å². The number of anilines is 1. The molecular formula is C13H9BrCl2FN. The molecule has 0 aliphatic carbocycles. The fourth-order valence-corrected chi connectivity index (χ4v) is 2.32. The zero-order chi connectivity index (χ0) is 13.1. The summed E-state index contributed by atoms with van der Waals surface area (Å²) in [5.41, 5.74) is 1.29. The summed E-state index contributed by atoms with van der Waals surface area (Å²) in [6.45, 7) is 0.434. The van der Waals surface area contributed by atoms with E-state index in [0.29, 0.717) is 22.3 Å². The molecule has 0 atom stereocenters. The molecule has 1 nitrogen and oxygen atoms in total. The SMILES string of the molecule is Fc1ccc(Br)cc1NCc1ccc(Cl)cc1Cl. The third kappa shape index (κ3) is 3.37. The van der Waals surface area contributed by atoms with Crippen molar-refractivity contribution in [3.05, 3.63) is 62.3 Å². The molecule has 0 fully saturated rings. The second kappa shape index (κ2) is 5.91. The molecule has 0 aromatic heterocycles. The third-order valence-electron chi connectivity index (χ3n) is 2.41. The number of hydrogen-bond donors (Lipinski definition) is 1. The lowest BCUT2D eigenvalue weighted by atomic mass is 10.2. The molecule has 0 heterocycles. The molecule has 2 aromatic rings. The van der Waals surface area contributed by atoms with Crippen molar-refractivity contribution < 1.29 is 4.39 Å². The van der Waals surface area contributed by atoms with Crippen molar-refractivity contribution in [2.24, 2.45) is 0 Å². The maximum absolute atomic E-state index is 13.5. The summed E-state index contributed by atoms with van der Waals surface area (Å²) >= 11 is 15.1. The van der Waals surface area contributed by atoms with E-state index in [2.05, 4.69) is 21.2 Å². The van der Waals surface area contributed by atoms with Gasteiger partial charge in [-0.05, 0) is 35.9 Å². The minimum Gasteiger partial charge on any atom is -0.379 e. The summed E-state index contributed by atoms with van der Waals surface area (Å²) in [7, 11) is 0. The molecule has 5 heteroatoms. The van der Waals surface area contributed by atoms with Gasteiger partial charge in [0, 0.05) is 21.1 Å². The van der Waals surface area contributed by atoms with Crippen LogP contribution in [-0.4, -0.2) is 0 Å². The monoisotopic (exact) mass is 347 g/mol. The summed E-state index contributed by atoms with van der Waals surface area (Å²) in [6.07, 6.45) is 0. The standard InChI is InChI=1S/C13H9BrCl2FN/c14-9-2-4-12(17)13(5-9)18-7-8-1-3-10(15)6-11(8)16/h1-6,18H,7H2. The number of benzene rings is 2. The highest BCUT2D eigenvalue weighted by Crippen LogP contribution is 2.24. The van der Waals surface area contributed by atoms with Gasteiger partial charge in [-0.1, -0.05) is 45.2 Å². The molecule has 0 unspecified atom stereocenters. The van der Waals surface area contributed by atoms with E-state index >= 15 is 0 Å². The van der Waals surface area contributed by atoms with Gasteiger partial charge in [0.15, 0.2) is 0 Å². The second-order valence-corrected chi connectivity index (χ2v) is 5.47. The Morgan fingerprint density at radius 1 is 1.11 bits per heavy atom. The lowest BCUT2D eigenvalue weighted by Crippen LogP contribution is -2.02. The van der Waals surface area contributed by atoms with E-state index in [1.165, 1.54) is 6.07 Å². The van der Waals surface area contributed by atoms with Gasteiger partial charge in [0.1, 0.15) is 5.82 Å². The first-order valence-electron chi connectivity index (χ1n) is 5.19. The van der Waals surface area contributed by atoms with Crippen molar-refractivity contribution >= 4 is 44.8 Å². The molecule has 94 valence electrons. The van der Waals surface area contributed by atoms with Gasteiger partial charge in [0.05, 0.1) is 5.69 Å². The van der Waals surface area contributed by atoms with E-state index < -0.39 is 0 Å². The summed E-state index contributed by atoms with van der Waals surface area (Å²) in [6, 6.07) is 9.96. The lowest BCUT2D eigenvalue weighted by molar-refractivity contribution is 0.630. The van der Waals surface area contributed by atoms with Crippen LogP contribution in [0, 0.1) is 5.82 Å². The molecule has 0 saturated carbocycles. The topological polar surface area (TPSA) is 12.0 Å². The van der Waals surface area contributed by atoms with Crippen molar-refractivity contribution in [1.82, 2.24) is 0 Å². The van der Waals surface area contributed by atoms with Crippen molar-refractivity contribution in [3.63, 3.8) is 0 Å². The van der Waals surface area contributed by atoms with Gasteiger partial charge >= 0.3 is 0 Å². The van der Waals surface area contributed by atoms with Crippen LogP contribution in [0.25, 0.3) is 0 Å². The molecule has 18 heavy (non-hydrogen) atoms. The average Bonchev–Trinajstić information content (AvgIpc) is 2.32. The second-order valence-electron chi connectivity index (χ2n) is 3.71. The molecule has 0 bridgehead atoms. The van der Waals surface area contributed by atoms with Gasteiger partial charge in [-0.3, -0.25) is 0 Å². The normalized spacial score (nSPS) is 10.4. The van der Waals surface area contributed by atoms with Crippen molar-refractivity contribution in [2.45, 2.75) is 6.54 Å². The first-order chi connectivity index (χ1) is 8.56. The van der Waals surface area contributed by atoms with Crippen LogP contribution in [0.4, 0.5) is 10.1 Å². The summed E-state index contributed by atoms with van der Waals surface area (Å²) < 4.78 is 14.3. The van der Waals surface area contributed by atoms with E-state index in [-0.39, 0.29) is 5.82 Å². The lowest BCUT2D eigenvalue weighted by Gasteiger charge is -2.09. The van der Waals surface area contributed by atoms with Crippen LogP contribution < -0.4 is 5.32 Å². The van der Waals surface area contributed by atoms with E-state index in [4.69, 9.17) is 23.2 Å². The summed E-state index contributed by atoms with van der Waals surface area (Å²) in [5.74, 6) is -0.303. The maximum atomic E-state index is 13.5. The minimum atomic E-state index is -0.303. The van der Waals surface area contributed by atoms with Crippen molar-refractivity contribution in [2.75, 3.05) is 5.32 Å². The first kappa shape index (κ1) is 13.7. The van der Waals surface area contributed by atoms with Gasteiger partial charge in [-0.15, -0.1) is 0 Å². The Kier molecular flexibility index (Phi) is 4.49. The molecule has 0 amide bonds. The van der Waals surface area contributed by atoms with E-state index in [1.54, 1.807) is 24.3 Å². The smallest absolute Gasteiger partial charge is 0.146 e. The van der Waals surface area contributed by atoms with Crippen LogP contribution in [0.5, 0.6) is 0 Å². The fraction of sp³-hybridized carbons (Fsp3) is 0.0769. The molecule has 2 aromatic carbocycles. The minimum absolute atomic E-state index is 0.303. The predicted octanol–water partition coefficient (Wildman–Crippen LogP) is 5.51. The Balaban J connectivity index is 2.13. The van der Waals surface area contributed by atoms with Gasteiger partial charge in [0.2, 0.25) is 0 Å². The first-order valence-corrected chi connectivity index (χ1v) is 6.74. The summed E-state index contributed by atoms with van der Waals surface area (Å²) in [5, 5.41) is 4.14. The van der Waals surface area contributed by atoms with E-state index in [0.717, 1.165) is 10.0 Å². The Morgan fingerprint density at radius 2 is 1.89 bits per heavy atom. The fourth-order valence-electron chi connectivity index (χ4n) is 1.49. The molecule has 2 rings (SSSR count).